The lowest BCUT2D eigenvalue weighted by Crippen LogP contribution is -2.22. The Morgan fingerprint density at radius 3 is 2.22 bits per heavy atom. The fourth-order valence-corrected chi connectivity index (χ4v) is 1.34. The van der Waals surface area contributed by atoms with E-state index in [0.717, 1.165) is 0 Å². The summed E-state index contributed by atoms with van der Waals surface area (Å²) in [5.74, 6) is 6.73. The number of aromatic nitrogens is 2. The van der Waals surface area contributed by atoms with Crippen molar-refractivity contribution >= 4 is 11.6 Å². The van der Waals surface area contributed by atoms with Gasteiger partial charge < -0.3 is 10.7 Å². The highest BCUT2D eigenvalue weighted by Gasteiger charge is 2.21. The van der Waals surface area contributed by atoms with E-state index in [0.29, 0.717) is 23.0 Å². The van der Waals surface area contributed by atoms with Crippen LogP contribution in [0.1, 0.15) is 32.2 Å². The van der Waals surface area contributed by atoms with Crippen LogP contribution in [0, 0.1) is 6.92 Å². The van der Waals surface area contributed by atoms with E-state index in [-0.39, 0.29) is 5.41 Å². The van der Waals surface area contributed by atoms with Crippen molar-refractivity contribution in [2.75, 3.05) is 17.3 Å². The summed E-state index contributed by atoms with van der Waals surface area (Å²) in [6, 6.07) is 0. The van der Waals surface area contributed by atoms with E-state index < -0.39 is 13.0 Å². The summed E-state index contributed by atoms with van der Waals surface area (Å²) in [5, 5.41) is 2.60. The van der Waals surface area contributed by atoms with E-state index in [1.807, 2.05) is 20.8 Å². The molecule has 4 N–H and O–H groups in total. The van der Waals surface area contributed by atoms with Gasteiger partial charge in [-0.3, -0.25) is 0 Å². The average molecular weight is 259 g/mol. The predicted octanol–water partition coefficient (Wildman–Crippen LogP) is 2.05. The first-order valence-corrected chi connectivity index (χ1v) is 5.63. The zero-order valence-electron chi connectivity index (χ0n) is 11.0. The fourth-order valence-electron chi connectivity index (χ4n) is 1.34. The van der Waals surface area contributed by atoms with Crippen molar-refractivity contribution in [1.82, 2.24) is 9.97 Å². The maximum atomic E-state index is 12.2. The highest BCUT2D eigenvalue weighted by molar-refractivity contribution is 5.57. The van der Waals surface area contributed by atoms with Crippen molar-refractivity contribution in [3.8, 4) is 0 Å². The number of nitrogens with two attached hydrogens (primary N) is 1. The van der Waals surface area contributed by atoms with Crippen molar-refractivity contribution in [3.05, 3.63) is 11.4 Å². The molecule has 0 radical (unpaired) electrons. The summed E-state index contributed by atoms with van der Waals surface area (Å²) in [6.45, 7) is 7.08. The first kappa shape index (κ1) is 14.6. The molecule has 0 unspecified atom stereocenters. The van der Waals surface area contributed by atoms with Gasteiger partial charge in [-0.1, -0.05) is 20.8 Å². The van der Waals surface area contributed by atoms with Gasteiger partial charge in [0.2, 0.25) is 0 Å². The molecule has 0 saturated carbocycles. The van der Waals surface area contributed by atoms with E-state index in [1.165, 1.54) is 0 Å². The van der Waals surface area contributed by atoms with Crippen molar-refractivity contribution in [2.24, 2.45) is 5.84 Å². The van der Waals surface area contributed by atoms with Crippen LogP contribution in [0.3, 0.4) is 0 Å². The maximum absolute atomic E-state index is 12.2. The molecular formula is C11H19F2N5. The number of hydrogen-bond donors (Lipinski definition) is 3. The molecule has 7 heteroatoms. The summed E-state index contributed by atoms with van der Waals surface area (Å²) >= 11 is 0. The Hall–Kier alpha value is -1.50. The quantitative estimate of drug-likeness (QED) is 0.570. The SMILES string of the molecule is Cc1c(NN)nc(C(C)(C)C)nc1NCC(F)F. The van der Waals surface area contributed by atoms with E-state index in [1.54, 1.807) is 6.92 Å². The minimum atomic E-state index is -2.44. The summed E-state index contributed by atoms with van der Waals surface area (Å²) in [5.41, 5.74) is 2.78. The smallest absolute Gasteiger partial charge is 0.255 e. The van der Waals surface area contributed by atoms with Crippen molar-refractivity contribution in [3.63, 3.8) is 0 Å². The molecule has 0 aliphatic carbocycles. The molecule has 0 aromatic carbocycles. The van der Waals surface area contributed by atoms with Crippen LogP contribution < -0.4 is 16.6 Å². The van der Waals surface area contributed by atoms with Crippen LogP contribution >= 0.6 is 0 Å². The zero-order chi connectivity index (χ0) is 13.9. The van der Waals surface area contributed by atoms with Gasteiger partial charge in [-0.25, -0.2) is 24.6 Å². The highest BCUT2D eigenvalue weighted by atomic mass is 19.3. The maximum Gasteiger partial charge on any atom is 0.255 e. The minimum absolute atomic E-state index is 0.291. The number of hydrogen-bond acceptors (Lipinski definition) is 5. The first-order chi connectivity index (χ1) is 8.25. The number of nitrogen functional groups attached to an aromatic ring is 1. The topological polar surface area (TPSA) is 75.9 Å². The largest absolute Gasteiger partial charge is 0.364 e. The molecule has 102 valence electrons. The molecule has 0 bridgehead atoms. The number of hydrazine groups is 1. The van der Waals surface area contributed by atoms with Crippen LogP contribution in [-0.2, 0) is 5.41 Å². The van der Waals surface area contributed by atoms with Gasteiger partial charge in [0.1, 0.15) is 17.5 Å². The number of rotatable bonds is 4. The lowest BCUT2D eigenvalue weighted by molar-refractivity contribution is 0.163. The molecule has 0 aliphatic heterocycles. The van der Waals surface area contributed by atoms with Gasteiger partial charge in [0.05, 0.1) is 6.54 Å². The van der Waals surface area contributed by atoms with Gasteiger partial charge in [0.25, 0.3) is 6.43 Å². The zero-order valence-corrected chi connectivity index (χ0v) is 11.0. The Kier molecular flexibility index (Phi) is 4.39. The number of alkyl halides is 2. The molecule has 0 spiro atoms. The van der Waals surface area contributed by atoms with Gasteiger partial charge >= 0.3 is 0 Å². The molecule has 0 amide bonds. The van der Waals surface area contributed by atoms with Gasteiger partial charge in [0, 0.05) is 11.0 Å². The number of nitrogens with one attached hydrogen (secondary N) is 2. The fraction of sp³-hybridized carbons (Fsp3) is 0.636. The molecule has 0 fully saturated rings. The highest BCUT2D eigenvalue weighted by Crippen LogP contribution is 2.25. The molecule has 1 aromatic heterocycles. The monoisotopic (exact) mass is 259 g/mol. The molecule has 0 atom stereocenters. The Morgan fingerprint density at radius 2 is 1.78 bits per heavy atom. The summed E-state index contributed by atoms with van der Waals surface area (Å²) < 4.78 is 24.4. The Morgan fingerprint density at radius 1 is 1.22 bits per heavy atom. The van der Waals surface area contributed by atoms with E-state index in [2.05, 4.69) is 20.7 Å². The van der Waals surface area contributed by atoms with Crippen molar-refractivity contribution in [1.29, 1.82) is 0 Å². The molecule has 0 saturated heterocycles. The third-order valence-electron chi connectivity index (χ3n) is 2.38. The Bertz CT molecular complexity index is 415. The number of halogens is 2. The van der Waals surface area contributed by atoms with E-state index in [4.69, 9.17) is 5.84 Å². The average Bonchev–Trinajstić information content (AvgIpc) is 2.26. The summed E-state index contributed by atoms with van der Waals surface area (Å²) in [7, 11) is 0. The van der Waals surface area contributed by atoms with Crippen LogP contribution in [-0.4, -0.2) is 22.9 Å². The second-order valence-electron chi connectivity index (χ2n) is 5.04. The molecular weight excluding hydrogens is 240 g/mol. The molecule has 1 rings (SSSR count). The number of anilines is 2. The molecule has 5 nitrogen and oxygen atoms in total. The van der Waals surface area contributed by atoms with Crippen LogP contribution in [0.5, 0.6) is 0 Å². The van der Waals surface area contributed by atoms with Crippen LogP contribution in [0.4, 0.5) is 20.4 Å². The third kappa shape index (κ3) is 3.49. The Labute approximate surface area is 105 Å². The standard InChI is InChI=1S/C11H19F2N5/c1-6-8(15-5-7(12)13)16-10(11(2,3)4)17-9(6)18-14/h7H,5,14H2,1-4H3,(H2,15,16,17,18). The first-order valence-electron chi connectivity index (χ1n) is 5.63. The summed E-state index contributed by atoms with van der Waals surface area (Å²) in [6.07, 6.45) is -2.44. The molecule has 1 aromatic rings. The number of nitrogens with zero attached hydrogens (tertiary/aromatic N) is 2. The van der Waals surface area contributed by atoms with Crippen molar-refractivity contribution < 1.29 is 8.78 Å². The third-order valence-corrected chi connectivity index (χ3v) is 2.38. The van der Waals surface area contributed by atoms with Gasteiger partial charge in [-0.2, -0.15) is 0 Å². The van der Waals surface area contributed by atoms with Gasteiger partial charge in [-0.05, 0) is 6.92 Å². The molecule has 1 heterocycles. The lowest BCUT2D eigenvalue weighted by Gasteiger charge is -2.20. The van der Waals surface area contributed by atoms with E-state index >= 15 is 0 Å². The Balaban J connectivity index is 3.15. The van der Waals surface area contributed by atoms with Crippen LogP contribution in [0.25, 0.3) is 0 Å². The molecule has 0 aliphatic rings. The molecule has 18 heavy (non-hydrogen) atoms. The normalized spacial score (nSPS) is 11.8. The summed E-state index contributed by atoms with van der Waals surface area (Å²) in [4.78, 5) is 8.55. The van der Waals surface area contributed by atoms with Crippen molar-refractivity contribution in [2.45, 2.75) is 39.5 Å². The second-order valence-corrected chi connectivity index (χ2v) is 5.04. The van der Waals surface area contributed by atoms with E-state index in [9.17, 15) is 8.78 Å². The minimum Gasteiger partial charge on any atom is -0.364 e. The van der Waals surface area contributed by atoms with Crippen LogP contribution in [0.2, 0.25) is 0 Å². The second kappa shape index (κ2) is 5.43. The van der Waals surface area contributed by atoms with Gasteiger partial charge in [-0.15, -0.1) is 0 Å². The lowest BCUT2D eigenvalue weighted by atomic mass is 9.95. The van der Waals surface area contributed by atoms with Gasteiger partial charge in [0.15, 0.2) is 0 Å². The predicted molar refractivity (Wildman–Crippen MR) is 67.8 cm³/mol. The van der Waals surface area contributed by atoms with Crippen LogP contribution in [0.15, 0.2) is 0 Å².